The Morgan fingerprint density at radius 2 is 2.09 bits per heavy atom. The van der Waals surface area contributed by atoms with Crippen LogP contribution in [0, 0.1) is 6.92 Å². The molecule has 1 N–H and O–H groups in total. The van der Waals surface area contributed by atoms with E-state index >= 15 is 0 Å². The first-order chi connectivity index (χ1) is 11.1. The summed E-state index contributed by atoms with van der Waals surface area (Å²) in [5.41, 5.74) is 2.10. The standard InChI is InChI=1S/C17H16ClN3OS/c1-12-9-16(19-17(22)10-15-3-2-8-23-15)20-21(12)11-13-4-6-14(18)7-5-13/h2-9H,10-11H2,1H3,(H,19,20,22). The van der Waals surface area contributed by atoms with E-state index in [4.69, 9.17) is 11.6 Å². The summed E-state index contributed by atoms with van der Waals surface area (Å²) in [6, 6.07) is 13.4. The number of benzene rings is 1. The average Bonchev–Trinajstić information content (AvgIpc) is 3.12. The Bertz CT molecular complexity index is 794. The fourth-order valence-corrected chi connectivity index (χ4v) is 3.08. The maximum absolute atomic E-state index is 12.0. The Morgan fingerprint density at radius 1 is 1.30 bits per heavy atom. The Kier molecular flexibility index (Phi) is 4.79. The number of rotatable bonds is 5. The van der Waals surface area contributed by atoms with E-state index in [2.05, 4.69) is 10.4 Å². The van der Waals surface area contributed by atoms with Crippen LogP contribution in [-0.4, -0.2) is 15.7 Å². The van der Waals surface area contributed by atoms with E-state index in [9.17, 15) is 4.79 Å². The van der Waals surface area contributed by atoms with Gasteiger partial charge in [-0.2, -0.15) is 5.10 Å². The first-order valence-electron chi connectivity index (χ1n) is 7.21. The minimum absolute atomic E-state index is 0.0522. The van der Waals surface area contributed by atoms with E-state index in [0.29, 0.717) is 23.8 Å². The number of amides is 1. The predicted octanol–water partition coefficient (Wildman–Crippen LogP) is 4.14. The van der Waals surface area contributed by atoms with Crippen molar-refractivity contribution in [1.29, 1.82) is 0 Å². The number of hydrogen-bond donors (Lipinski definition) is 1. The van der Waals surface area contributed by atoms with Crippen LogP contribution in [0.25, 0.3) is 0 Å². The molecule has 23 heavy (non-hydrogen) atoms. The predicted molar refractivity (Wildman–Crippen MR) is 94.2 cm³/mol. The second-order valence-corrected chi connectivity index (χ2v) is 6.73. The Hall–Kier alpha value is -2.11. The smallest absolute Gasteiger partial charge is 0.230 e. The van der Waals surface area contributed by atoms with Crippen LogP contribution in [0.1, 0.15) is 16.1 Å². The molecule has 0 fully saturated rings. The Morgan fingerprint density at radius 3 is 2.78 bits per heavy atom. The molecular weight excluding hydrogens is 330 g/mol. The third-order valence-electron chi connectivity index (χ3n) is 3.41. The van der Waals surface area contributed by atoms with E-state index in [1.54, 1.807) is 11.3 Å². The van der Waals surface area contributed by atoms with Crippen molar-refractivity contribution in [3.05, 3.63) is 69.0 Å². The monoisotopic (exact) mass is 345 g/mol. The molecule has 0 radical (unpaired) electrons. The summed E-state index contributed by atoms with van der Waals surface area (Å²) < 4.78 is 1.87. The molecule has 1 amide bonds. The van der Waals surface area contributed by atoms with E-state index in [1.165, 1.54) is 0 Å². The first kappa shape index (κ1) is 15.8. The second-order valence-electron chi connectivity index (χ2n) is 5.26. The molecule has 0 aliphatic carbocycles. The van der Waals surface area contributed by atoms with Crippen molar-refractivity contribution in [2.24, 2.45) is 0 Å². The second kappa shape index (κ2) is 6.98. The summed E-state index contributed by atoms with van der Waals surface area (Å²) in [6.45, 7) is 2.61. The molecule has 4 nitrogen and oxygen atoms in total. The van der Waals surface area contributed by atoms with Gasteiger partial charge in [-0.05, 0) is 36.1 Å². The van der Waals surface area contributed by atoms with E-state index in [1.807, 2.05) is 59.5 Å². The van der Waals surface area contributed by atoms with Gasteiger partial charge < -0.3 is 5.32 Å². The maximum atomic E-state index is 12.0. The lowest BCUT2D eigenvalue weighted by atomic mass is 10.2. The van der Waals surface area contributed by atoms with Gasteiger partial charge in [0, 0.05) is 21.7 Å². The molecule has 2 heterocycles. The molecule has 0 bridgehead atoms. The number of nitrogens with zero attached hydrogens (tertiary/aromatic N) is 2. The maximum Gasteiger partial charge on any atom is 0.230 e. The summed E-state index contributed by atoms with van der Waals surface area (Å²) in [7, 11) is 0. The van der Waals surface area contributed by atoms with Crippen LogP contribution in [0.15, 0.2) is 47.8 Å². The molecule has 0 aliphatic rings. The van der Waals surface area contributed by atoms with Gasteiger partial charge in [-0.25, -0.2) is 0 Å². The minimum atomic E-state index is -0.0522. The molecule has 0 aliphatic heterocycles. The number of anilines is 1. The number of hydrogen-bond acceptors (Lipinski definition) is 3. The van der Waals surface area contributed by atoms with Gasteiger partial charge in [0.15, 0.2) is 5.82 Å². The van der Waals surface area contributed by atoms with Crippen LogP contribution in [0.4, 0.5) is 5.82 Å². The zero-order valence-corrected chi connectivity index (χ0v) is 14.2. The number of thiophene rings is 1. The SMILES string of the molecule is Cc1cc(NC(=O)Cc2cccs2)nn1Cc1ccc(Cl)cc1. The number of nitrogens with one attached hydrogen (secondary N) is 1. The number of halogens is 1. The summed E-state index contributed by atoms with van der Waals surface area (Å²) >= 11 is 7.47. The largest absolute Gasteiger partial charge is 0.309 e. The summed E-state index contributed by atoms with van der Waals surface area (Å²) in [5.74, 6) is 0.529. The lowest BCUT2D eigenvalue weighted by Gasteiger charge is -2.04. The van der Waals surface area contributed by atoms with Crippen molar-refractivity contribution in [2.75, 3.05) is 5.32 Å². The first-order valence-corrected chi connectivity index (χ1v) is 8.47. The number of aromatic nitrogens is 2. The Labute approximate surface area is 143 Å². The summed E-state index contributed by atoms with van der Waals surface area (Å²) in [5, 5.41) is 9.98. The van der Waals surface area contributed by atoms with Crippen molar-refractivity contribution < 1.29 is 4.79 Å². The molecule has 118 valence electrons. The van der Waals surface area contributed by atoms with E-state index in [-0.39, 0.29) is 5.91 Å². The summed E-state index contributed by atoms with van der Waals surface area (Å²) in [6.07, 6.45) is 0.376. The highest BCUT2D eigenvalue weighted by Crippen LogP contribution is 2.15. The van der Waals surface area contributed by atoms with Gasteiger partial charge in [0.1, 0.15) is 0 Å². The lowest BCUT2D eigenvalue weighted by molar-refractivity contribution is -0.115. The highest BCUT2D eigenvalue weighted by molar-refractivity contribution is 7.10. The lowest BCUT2D eigenvalue weighted by Crippen LogP contribution is -2.14. The van der Waals surface area contributed by atoms with Crippen LogP contribution < -0.4 is 5.32 Å². The zero-order valence-electron chi connectivity index (χ0n) is 12.6. The quantitative estimate of drug-likeness (QED) is 0.755. The van der Waals surface area contributed by atoms with Crippen molar-refractivity contribution in [3.63, 3.8) is 0 Å². The molecule has 0 spiro atoms. The van der Waals surface area contributed by atoms with Crippen molar-refractivity contribution >= 4 is 34.7 Å². The molecule has 2 aromatic heterocycles. The molecule has 0 atom stereocenters. The van der Waals surface area contributed by atoms with Gasteiger partial charge in [-0.1, -0.05) is 29.8 Å². The molecule has 6 heteroatoms. The van der Waals surface area contributed by atoms with Crippen molar-refractivity contribution in [2.45, 2.75) is 19.9 Å². The molecule has 1 aromatic carbocycles. The van der Waals surface area contributed by atoms with E-state index < -0.39 is 0 Å². The van der Waals surface area contributed by atoms with Crippen molar-refractivity contribution in [1.82, 2.24) is 9.78 Å². The van der Waals surface area contributed by atoms with Gasteiger partial charge in [-0.15, -0.1) is 11.3 Å². The van der Waals surface area contributed by atoms with Crippen LogP contribution in [0.2, 0.25) is 5.02 Å². The van der Waals surface area contributed by atoms with Gasteiger partial charge in [-0.3, -0.25) is 9.48 Å². The molecule has 3 aromatic rings. The summed E-state index contributed by atoms with van der Waals surface area (Å²) in [4.78, 5) is 13.1. The van der Waals surface area contributed by atoms with Gasteiger partial charge in [0.25, 0.3) is 0 Å². The minimum Gasteiger partial charge on any atom is -0.309 e. The Balaban J connectivity index is 1.65. The normalized spacial score (nSPS) is 10.7. The number of carbonyl (C=O) groups is 1. The molecule has 0 saturated heterocycles. The number of carbonyl (C=O) groups excluding carboxylic acids is 1. The highest BCUT2D eigenvalue weighted by Gasteiger charge is 2.09. The third kappa shape index (κ3) is 4.21. The van der Waals surface area contributed by atoms with Crippen LogP contribution in [0.3, 0.4) is 0 Å². The van der Waals surface area contributed by atoms with Gasteiger partial charge in [0.05, 0.1) is 13.0 Å². The highest BCUT2D eigenvalue weighted by atomic mass is 35.5. The zero-order chi connectivity index (χ0) is 16.2. The van der Waals surface area contributed by atoms with Gasteiger partial charge in [0.2, 0.25) is 5.91 Å². The topological polar surface area (TPSA) is 46.9 Å². The van der Waals surface area contributed by atoms with E-state index in [0.717, 1.165) is 16.1 Å². The van der Waals surface area contributed by atoms with Crippen LogP contribution >= 0.6 is 22.9 Å². The molecule has 3 rings (SSSR count). The number of aryl methyl sites for hydroxylation is 1. The van der Waals surface area contributed by atoms with Crippen molar-refractivity contribution in [3.8, 4) is 0 Å². The van der Waals surface area contributed by atoms with Gasteiger partial charge >= 0.3 is 0 Å². The fourth-order valence-electron chi connectivity index (χ4n) is 2.25. The third-order valence-corrected chi connectivity index (χ3v) is 4.54. The molecule has 0 unspecified atom stereocenters. The van der Waals surface area contributed by atoms with Crippen LogP contribution in [0.5, 0.6) is 0 Å². The molecular formula is C17H16ClN3OS. The average molecular weight is 346 g/mol. The molecule has 0 saturated carbocycles. The van der Waals surface area contributed by atoms with Crippen LogP contribution in [-0.2, 0) is 17.8 Å². The fraction of sp³-hybridized carbons (Fsp3) is 0.176.